The molecular weight excluding hydrogens is 452 g/mol. The number of anilines is 2. The number of likely N-dealkylation sites (tertiary alicyclic amines) is 1. The van der Waals surface area contributed by atoms with Gasteiger partial charge in [0.1, 0.15) is 11.7 Å². The number of piperidine rings is 1. The van der Waals surface area contributed by atoms with E-state index in [1.54, 1.807) is 36.0 Å². The number of aromatic nitrogens is 2. The molecule has 2 saturated heterocycles. The predicted molar refractivity (Wildman–Crippen MR) is 120 cm³/mol. The smallest absolute Gasteiger partial charge is 0.325 e. The summed E-state index contributed by atoms with van der Waals surface area (Å²) < 4.78 is 11.8. The van der Waals surface area contributed by atoms with Crippen LogP contribution in [0.4, 0.5) is 15.6 Å². The molecule has 0 bridgehead atoms. The van der Waals surface area contributed by atoms with E-state index < -0.39 is 6.03 Å². The van der Waals surface area contributed by atoms with Crippen LogP contribution in [0.3, 0.4) is 0 Å². The maximum Gasteiger partial charge on any atom is 0.325 e. The molecule has 2 unspecified atom stereocenters. The van der Waals surface area contributed by atoms with Gasteiger partial charge in [-0.15, -0.1) is 10.2 Å². The lowest BCUT2D eigenvalue weighted by Crippen LogP contribution is -2.51. The topological polar surface area (TPSA) is 133 Å². The average molecular weight is 475 g/mol. The number of ether oxygens (including phenoxy) is 2. The van der Waals surface area contributed by atoms with Crippen LogP contribution in [0, 0.1) is 11.3 Å². The minimum absolute atomic E-state index is 0.217. The largest absolute Gasteiger partial charge is 0.458 e. The summed E-state index contributed by atoms with van der Waals surface area (Å²) in [5, 5.41) is 22.7. The van der Waals surface area contributed by atoms with Crippen molar-refractivity contribution in [3.63, 3.8) is 0 Å². The first kappa shape index (κ1) is 22.5. The molecule has 0 saturated carbocycles. The standard InChI is InChI=1S/C20H22N6O4S2/c1-13(27)30-16-11-26(7-6-20(16)12-29-20)8-9-31-19-25-24-18(32-19)23-17(28)22-15-4-2-14(10-21)3-5-15/h2-5,16H,6-9,11-12H2,1H3,(H2,22,23,24,28). The molecular formula is C20H22N6O4S2. The van der Waals surface area contributed by atoms with E-state index in [1.807, 2.05) is 6.07 Å². The Labute approximate surface area is 193 Å². The molecule has 2 aliphatic rings. The summed E-state index contributed by atoms with van der Waals surface area (Å²) in [5.41, 5.74) is 0.828. The van der Waals surface area contributed by atoms with Crippen molar-refractivity contribution in [2.24, 2.45) is 0 Å². The second kappa shape index (κ2) is 9.83. The number of hydrogen-bond acceptors (Lipinski definition) is 10. The number of nitrogens with zero attached hydrogens (tertiary/aromatic N) is 4. The first-order valence-electron chi connectivity index (χ1n) is 10.0. The number of benzene rings is 1. The molecule has 0 aliphatic carbocycles. The van der Waals surface area contributed by atoms with Crippen LogP contribution >= 0.6 is 23.1 Å². The average Bonchev–Trinajstić information content (AvgIpc) is 3.41. The monoisotopic (exact) mass is 474 g/mol. The third-order valence-corrected chi connectivity index (χ3v) is 7.17. The minimum Gasteiger partial charge on any atom is -0.458 e. The van der Waals surface area contributed by atoms with Gasteiger partial charge in [-0.2, -0.15) is 5.26 Å². The van der Waals surface area contributed by atoms with E-state index in [2.05, 4.69) is 25.7 Å². The van der Waals surface area contributed by atoms with E-state index in [0.717, 1.165) is 29.6 Å². The Morgan fingerprint density at radius 3 is 2.84 bits per heavy atom. The summed E-state index contributed by atoms with van der Waals surface area (Å²) in [6.07, 6.45) is 0.641. The van der Waals surface area contributed by atoms with Gasteiger partial charge in [0.05, 0.1) is 18.2 Å². The van der Waals surface area contributed by atoms with Crippen LogP contribution < -0.4 is 10.6 Å². The molecule has 0 radical (unpaired) electrons. The van der Waals surface area contributed by atoms with Crippen molar-refractivity contribution in [3.8, 4) is 6.07 Å². The quantitative estimate of drug-likeness (QED) is 0.269. The Bertz CT molecular complexity index is 1020. The third-order valence-electron chi connectivity index (χ3n) is 5.22. The van der Waals surface area contributed by atoms with E-state index >= 15 is 0 Å². The first-order valence-corrected chi connectivity index (χ1v) is 11.8. The van der Waals surface area contributed by atoms with Crippen molar-refractivity contribution >= 4 is 45.9 Å². The van der Waals surface area contributed by atoms with Crippen molar-refractivity contribution in [3.05, 3.63) is 29.8 Å². The van der Waals surface area contributed by atoms with Crippen LogP contribution in [0.25, 0.3) is 0 Å². The molecule has 2 fully saturated rings. The van der Waals surface area contributed by atoms with Gasteiger partial charge in [0.15, 0.2) is 4.34 Å². The van der Waals surface area contributed by atoms with E-state index in [1.165, 1.54) is 18.3 Å². The molecule has 32 heavy (non-hydrogen) atoms. The number of nitrogens with one attached hydrogen (secondary N) is 2. The Hall–Kier alpha value is -2.72. The SMILES string of the molecule is CC(=O)OC1CN(CCSc2nnc(NC(=O)Nc3ccc(C#N)cc3)s2)CCC12CO2. The fourth-order valence-electron chi connectivity index (χ4n) is 3.44. The molecule has 12 heteroatoms. The number of carbonyl (C=O) groups is 2. The number of amides is 2. The molecule has 4 rings (SSSR count). The maximum atomic E-state index is 12.1. The third kappa shape index (κ3) is 5.74. The number of hydrogen-bond donors (Lipinski definition) is 2. The summed E-state index contributed by atoms with van der Waals surface area (Å²) in [7, 11) is 0. The number of epoxide rings is 1. The van der Waals surface area contributed by atoms with Gasteiger partial charge in [-0.1, -0.05) is 23.1 Å². The molecule has 2 aliphatic heterocycles. The second-order valence-electron chi connectivity index (χ2n) is 7.49. The molecule has 2 amide bonds. The summed E-state index contributed by atoms with van der Waals surface area (Å²) >= 11 is 2.86. The van der Waals surface area contributed by atoms with E-state index in [0.29, 0.717) is 29.5 Å². The molecule has 2 aromatic rings. The van der Waals surface area contributed by atoms with Gasteiger partial charge in [0.2, 0.25) is 5.13 Å². The lowest BCUT2D eigenvalue weighted by Gasteiger charge is -2.36. The Morgan fingerprint density at radius 1 is 1.38 bits per heavy atom. The first-order chi connectivity index (χ1) is 15.5. The van der Waals surface area contributed by atoms with Crippen molar-refractivity contribution in [2.45, 2.75) is 29.4 Å². The molecule has 168 valence electrons. The fourth-order valence-corrected chi connectivity index (χ4v) is 5.26. The number of urea groups is 1. The molecule has 10 nitrogen and oxygen atoms in total. The van der Waals surface area contributed by atoms with Crippen LogP contribution in [0.5, 0.6) is 0 Å². The number of thioether (sulfide) groups is 1. The van der Waals surface area contributed by atoms with E-state index in [-0.39, 0.29) is 17.7 Å². The van der Waals surface area contributed by atoms with Gasteiger partial charge in [-0.25, -0.2) is 4.79 Å². The normalized spacial score (nSPS) is 22.2. The lowest BCUT2D eigenvalue weighted by molar-refractivity contribution is -0.153. The van der Waals surface area contributed by atoms with Gasteiger partial charge in [-0.05, 0) is 30.7 Å². The predicted octanol–water partition coefficient (Wildman–Crippen LogP) is 2.55. The van der Waals surface area contributed by atoms with Crippen LogP contribution in [0.15, 0.2) is 28.6 Å². The van der Waals surface area contributed by atoms with Gasteiger partial charge < -0.3 is 14.8 Å². The number of esters is 1. The van der Waals surface area contributed by atoms with Crippen molar-refractivity contribution in [1.82, 2.24) is 15.1 Å². The molecule has 1 aromatic heterocycles. The van der Waals surface area contributed by atoms with Crippen LogP contribution in [-0.2, 0) is 14.3 Å². The Kier molecular flexibility index (Phi) is 6.90. The van der Waals surface area contributed by atoms with Crippen LogP contribution in [0.1, 0.15) is 18.9 Å². The van der Waals surface area contributed by atoms with Crippen molar-refractivity contribution in [1.29, 1.82) is 5.26 Å². The number of rotatable bonds is 7. The molecule has 1 aromatic carbocycles. The van der Waals surface area contributed by atoms with Gasteiger partial charge in [0, 0.05) is 38.0 Å². The van der Waals surface area contributed by atoms with Crippen molar-refractivity contribution in [2.75, 3.05) is 42.6 Å². The highest BCUT2D eigenvalue weighted by molar-refractivity contribution is 8.01. The Balaban J connectivity index is 1.20. The summed E-state index contributed by atoms with van der Waals surface area (Å²) in [5.74, 6) is 0.519. The summed E-state index contributed by atoms with van der Waals surface area (Å²) in [4.78, 5) is 25.8. The van der Waals surface area contributed by atoms with E-state index in [4.69, 9.17) is 14.7 Å². The molecule has 3 heterocycles. The van der Waals surface area contributed by atoms with Gasteiger partial charge in [0.25, 0.3) is 0 Å². The molecule has 2 N–H and O–H groups in total. The highest BCUT2D eigenvalue weighted by atomic mass is 32.2. The van der Waals surface area contributed by atoms with Gasteiger partial charge in [-0.3, -0.25) is 15.0 Å². The lowest BCUT2D eigenvalue weighted by atomic mass is 9.94. The molecule has 1 spiro atoms. The Morgan fingerprint density at radius 2 is 2.16 bits per heavy atom. The number of nitriles is 1. The van der Waals surface area contributed by atoms with Gasteiger partial charge >= 0.3 is 12.0 Å². The van der Waals surface area contributed by atoms with Crippen LogP contribution in [0.2, 0.25) is 0 Å². The maximum absolute atomic E-state index is 12.1. The molecule has 2 atom stereocenters. The highest BCUT2D eigenvalue weighted by Gasteiger charge is 2.55. The second-order valence-corrected chi connectivity index (χ2v) is 9.81. The van der Waals surface area contributed by atoms with Crippen LogP contribution in [-0.4, -0.2) is 70.8 Å². The highest BCUT2D eigenvalue weighted by Crippen LogP contribution is 2.40. The van der Waals surface area contributed by atoms with E-state index in [9.17, 15) is 9.59 Å². The van der Waals surface area contributed by atoms with Crippen molar-refractivity contribution < 1.29 is 19.1 Å². The zero-order valence-corrected chi connectivity index (χ0v) is 19.0. The zero-order chi connectivity index (χ0) is 22.6. The summed E-state index contributed by atoms with van der Waals surface area (Å²) in [6, 6.07) is 8.17. The number of carbonyl (C=O) groups excluding carboxylic acids is 2. The zero-order valence-electron chi connectivity index (χ0n) is 17.4. The fraction of sp³-hybridized carbons (Fsp3) is 0.450. The summed E-state index contributed by atoms with van der Waals surface area (Å²) in [6.45, 7) is 4.47. The minimum atomic E-state index is -0.427.